The first-order valence-corrected chi connectivity index (χ1v) is 6.52. The Labute approximate surface area is 117 Å². The molecule has 1 aromatic heterocycles. The number of nitrogens with one attached hydrogen (secondary N) is 1. The Hall–Kier alpha value is -1.33. The summed E-state index contributed by atoms with van der Waals surface area (Å²) in [5, 5.41) is 7.58. The number of hydrogen-bond acceptors (Lipinski definition) is 3. The smallest absolute Gasteiger partial charge is 0.244 e. The number of amides is 1. The van der Waals surface area contributed by atoms with Gasteiger partial charge in [0.25, 0.3) is 0 Å². The standard InChI is InChI=1S/C13H18ClN3O2/c1-9-10(12(14)17(3)16-9)4-5-11(18)15-6-13(2)7-19-8-13/h4-5H,6-8H2,1-3H3,(H,15,18). The van der Waals surface area contributed by atoms with Gasteiger partial charge in [-0.2, -0.15) is 5.10 Å². The molecule has 1 saturated heterocycles. The Morgan fingerprint density at radius 2 is 2.32 bits per heavy atom. The van der Waals surface area contributed by atoms with E-state index in [2.05, 4.69) is 17.3 Å². The second-order valence-electron chi connectivity index (χ2n) is 5.27. The predicted molar refractivity (Wildman–Crippen MR) is 73.9 cm³/mol. The van der Waals surface area contributed by atoms with Crippen molar-refractivity contribution in [1.29, 1.82) is 0 Å². The van der Waals surface area contributed by atoms with Gasteiger partial charge in [-0.1, -0.05) is 18.5 Å². The lowest BCUT2D eigenvalue weighted by molar-refractivity contribution is -0.122. The first-order chi connectivity index (χ1) is 8.91. The molecule has 0 unspecified atom stereocenters. The number of ether oxygens (including phenoxy) is 1. The van der Waals surface area contributed by atoms with Crippen molar-refractivity contribution in [1.82, 2.24) is 15.1 Å². The highest BCUT2D eigenvalue weighted by Gasteiger charge is 2.33. The number of hydrogen-bond donors (Lipinski definition) is 1. The summed E-state index contributed by atoms with van der Waals surface area (Å²) in [7, 11) is 1.77. The predicted octanol–water partition coefficient (Wildman–Crippen LogP) is 1.55. The van der Waals surface area contributed by atoms with E-state index in [1.165, 1.54) is 6.08 Å². The van der Waals surface area contributed by atoms with Crippen LogP contribution >= 0.6 is 11.6 Å². The van der Waals surface area contributed by atoms with Crippen molar-refractivity contribution in [2.45, 2.75) is 13.8 Å². The third kappa shape index (κ3) is 3.16. The van der Waals surface area contributed by atoms with Crippen LogP contribution in [0.1, 0.15) is 18.2 Å². The highest BCUT2D eigenvalue weighted by Crippen LogP contribution is 2.25. The van der Waals surface area contributed by atoms with Gasteiger partial charge in [0.05, 0.1) is 18.9 Å². The summed E-state index contributed by atoms with van der Waals surface area (Å²) in [4.78, 5) is 11.7. The summed E-state index contributed by atoms with van der Waals surface area (Å²) in [5.74, 6) is -0.132. The molecule has 5 nitrogen and oxygen atoms in total. The summed E-state index contributed by atoms with van der Waals surface area (Å²) in [6.45, 7) is 5.96. The molecule has 19 heavy (non-hydrogen) atoms. The fourth-order valence-corrected chi connectivity index (χ4v) is 2.14. The molecular weight excluding hydrogens is 266 g/mol. The Balaban J connectivity index is 1.92. The highest BCUT2D eigenvalue weighted by molar-refractivity contribution is 6.31. The van der Waals surface area contributed by atoms with Crippen LogP contribution in [0.25, 0.3) is 6.08 Å². The van der Waals surface area contributed by atoms with Crippen LogP contribution in [0, 0.1) is 12.3 Å². The lowest BCUT2D eigenvalue weighted by Gasteiger charge is -2.37. The Bertz CT molecular complexity index is 518. The molecule has 1 N–H and O–H groups in total. The molecule has 1 aromatic rings. The maximum atomic E-state index is 11.7. The number of carbonyl (C=O) groups excluding carboxylic acids is 1. The van der Waals surface area contributed by atoms with E-state index in [1.54, 1.807) is 17.8 Å². The van der Waals surface area contributed by atoms with Crippen LogP contribution in [0.5, 0.6) is 0 Å². The molecule has 2 rings (SSSR count). The second-order valence-corrected chi connectivity index (χ2v) is 5.63. The van der Waals surface area contributed by atoms with Crippen molar-refractivity contribution in [3.8, 4) is 0 Å². The van der Waals surface area contributed by atoms with E-state index in [0.29, 0.717) is 24.9 Å². The van der Waals surface area contributed by atoms with Crippen molar-refractivity contribution in [2.75, 3.05) is 19.8 Å². The molecule has 1 amide bonds. The van der Waals surface area contributed by atoms with E-state index in [-0.39, 0.29) is 11.3 Å². The topological polar surface area (TPSA) is 56.2 Å². The van der Waals surface area contributed by atoms with Gasteiger partial charge >= 0.3 is 0 Å². The zero-order chi connectivity index (χ0) is 14.0. The molecule has 1 aliphatic rings. The van der Waals surface area contributed by atoms with Gasteiger partial charge in [0.15, 0.2) is 0 Å². The normalized spacial score (nSPS) is 17.5. The molecule has 0 aromatic carbocycles. The highest BCUT2D eigenvalue weighted by atomic mass is 35.5. The van der Waals surface area contributed by atoms with Gasteiger partial charge in [0.1, 0.15) is 5.15 Å². The largest absolute Gasteiger partial charge is 0.380 e. The molecule has 0 aliphatic carbocycles. The Morgan fingerprint density at radius 1 is 1.63 bits per heavy atom. The number of carbonyl (C=O) groups is 1. The lowest BCUT2D eigenvalue weighted by Crippen LogP contribution is -2.48. The van der Waals surface area contributed by atoms with Crippen LogP contribution in [0.4, 0.5) is 0 Å². The van der Waals surface area contributed by atoms with Gasteiger partial charge in [-0.3, -0.25) is 9.48 Å². The molecule has 104 valence electrons. The van der Waals surface area contributed by atoms with Crippen LogP contribution in [0.2, 0.25) is 5.15 Å². The molecule has 0 spiro atoms. The molecular formula is C13H18ClN3O2. The zero-order valence-corrected chi connectivity index (χ0v) is 12.1. The van der Waals surface area contributed by atoms with Crippen LogP contribution in [0.3, 0.4) is 0 Å². The average Bonchev–Trinajstić information content (AvgIpc) is 2.56. The molecule has 0 saturated carbocycles. The molecule has 0 radical (unpaired) electrons. The maximum absolute atomic E-state index is 11.7. The Kier molecular flexibility index (Phi) is 3.96. The fraction of sp³-hybridized carbons (Fsp3) is 0.538. The third-order valence-corrected chi connectivity index (χ3v) is 3.64. The summed E-state index contributed by atoms with van der Waals surface area (Å²) >= 11 is 6.08. The molecule has 0 atom stereocenters. The monoisotopic (exact) mass is 283 g/mol. The summed E-state index contributed by atoms with van der Waals surface area (Å²) < 4.78 is 6.72. The average molecular weight is 284 g/mol. The molecule has 1 fully saturated rings. The summed E-state index contributed by atoms with van der Waals surface area (Å²) in [6, 6.07) is 0. The van der Waals surface area contributed by atoms with E-state index in [4.69, 9.17) is 16.3 Å². The molecule has 2 heterocycles. The molecule has 1 aliphatic heterocycles. The number of nitrogens with zero attached hydrogens (tertiary/aromatic N) is 2. The van der Waals surface area contributed by atoms with E-state index in [9.17, 15) is 4.79 Å². The number of rotatable bonds is 4. The van der Waals surface area contributed by atoms with Gasteiger partial charge in [0.2, 0.25) is 5.91 Å². The van der Waals surface area contributed by atoms with Gasteiger partial charge in [-0.25, -0.2) is 0 Å². The van der Waals surface area contributed by atoms with E-state index >= 15 is 0 Å². The minimum Gasteiger partial charge on any atom is -0.380 e. The fourth-order valence-electron chi connectivity index (χ4n) is 1.91. The first-order valence-electron chi connectivity index (χ1n) is 6.14. The van der Waals surface area contributed by atoms with Gasteiger partial charge < -0.3 is 10.1 Å². The summed E-state index contributed by atoms with van der Waals surface area (Å²) in [5.41, 5.74) is 1.65. The van der Waals surface area contributed by atoms with Crippen molar-refractivity contribution in [3.05, 3.63) is 22.5 Å². The number of halogens is 1. The van der Waals surface area contributed by atoms with Gasteiger partial charge in [-0.15, -0.1) is 0 Å². The van der Waals surface area contributed by atoms with Crippen LogP contribution < -0.4 is 5.32 Å². The van der Waals surface area contributed by atoms with Gasteiger partial charge in [0, 0.05) is 30.6 Å². The third-order valence-electron chi connectivity index (χ3n) is 3.19. The van der Waals surface area contributed by atoms with Crippen molar-refractivity contribution >= 4 is 23.6 Å². The van der Waals surface area contributed by atoms with Crippen LogP contribution in [-0.2, 0) is 16.6 Å². The van der Waals surface area contributed by atoms with E-state index in [1.807, 2.05) is 6.92 Å². The SMILES string of the molecule is Cc1nn(C)c(Cl)c1C=CC(=O)NCC1(C)COC1. The Morgan fingerprint density at radius 3 is 2.79 bits per heavy atom. The molecule has 6 heteroatoms. The van der Waals surface area contributed by atoms with Gasteiger partial charge in [-0.05, 0) is 13.0 Å². The minimum absolute atomic E-state index is 0.0748. The number of aryl methyl sites for hydroxylation is 2. The summed E-state index contributed by atoms with van der Waals surface area (Å²) in [6.07, 6.45) is 3.18. The van der Waals surface area contributed by atoms with E-state index in [0.717, 1.165) is 11.3 Å². The first kappa shape index (κ1) is 14.1. The van der Waals surface area contributed by atoms with Crippen LogP contribution in [0.15, 0.2) is 6.08 Å². The van der Waals surface area contributed by atoms with Crippen molar-refractivity contribution < 1.29 is 9.53 Å². The quantitative estimate of drug-likeness (QED) is 0.853. The van der Waals surface area contributed by atoms with Crippen molar-refractivity contribution in [3.63, 3.8) is 0 Å². The second kappa shape index (κ2) is 5.35. The zero-order valence-electron chi connectivity index (χ0n) is 11.4. The lowest BCUT2D eigenvalue weighted by atomic mass is 9.89. The molecule has 0 bridgehead atoms. The number of aromatic nitrogens is 2. The van der Waals surface area contributed by atoms with Crippen molar-refractivity contribution in [2.24, 2.45) is 12.5 Å². The van der Waals surface area contributed by atoms with Crippen LogP contribution in [-0.4, -0.2) is 35.4 Å². The maximum Gasteiger partial charge on any atom is 0.244 e. The van der Waals surface area contributed by atoms with E-state index < -0.39 is 0 Å². The minimum atomic E-state index is -0.132.